The van der Waals surface area contributed by atoms with Crippen LogP contribution in [0.2, 0.25) is 0 Å². The molecule has 0 aliphatic heterocycles. The maximum Gasteiger partial charge on any atom is 0.307 e. The van der Waals surface area contributed by atoms with Crippen LogP contribution in [-0.4, -0.2) is 17.1 Å². The normalized spacial score (nSPS) is 42.5. The zero-order chi connectivity index (χ0) is 13.6. The van der Waals surface area contributed by atoms with Crippen molar-refractivity contribution in [3.8, 4) is 0 Å². The molecule has 4 saturated carbocycles. The molecule has 19 heavy (non-hydrogen) atoms. The van der Waals surface area contributed by atoms with Crippen molar-refractivity contribution in [2.75, 3.05) is 0 Å². The third-order valence-corrected chi connectivity index (χ3v) is 5.73. The maximum absolute atomic E-state index is 11.7. The smallest absolute Gasteiger partial charge is 0.307 e. The molecule has 0 aromatic heterocycles. The van der Waals surface area contributed by atoms with Gasteiger partial charge in [0, 0.05) is 11.0 Å². The molecule has 5 heteroatoms. The molecule has 0 spiro atoms. The monoisotopic (exact) mass is 263 g/mol. The summed E-state index contributed by atoms with van der Waals surface area (Å²) < 4.78 is 0. The van der Waals surface area contributed by atoms with Gasteiger partial charge in [-0.1, -0.05) is 12.0 Å². The van der Waals surface area contributed by atoms with Gasteiger partial charge in [-0.05, 0) is 67.2 Å². The van der Waals surface area contributed by atoms with E-state index in [1.165, 1.54) is 19.3 Å². The Labute approximate surface area is 113 Å². The van der Waals surface area contributed by atoms with Crippen molar-refractivity contribution in [3.63, 3.8) is 0 Å². The van der Waals surface area contributed by atoms with Gasteiger partial charge in [-0.15, -0.1) is 0 Å². The zero-order valence-corrected chi connectivity index (χ0v) is 11.3. The highest BCUT2D eigenvalue weighted by Crippen LogP contribution is 2.63. The molecule has 0 aromatic rings. The molecule has 0 radical (unpaired) electrons. The van der Waals surface area contributed by atoms with E-state index in [4.69, 9.17) is 5.53 Å². The molecular formula is C14H21N3O2. The molecule has 4 aliphatic rings. The molecule has 104 valence electrons. The van der Waals surface area contributed by atoms with Gasteiger partial charge in [0.25, 0.3) is 0 Å². The van der Waals surface area contributed by atoms with Crippen molar-refractivity contribution in [2.24, 2.45) is 34.2 Å². The number of azide groups is 1. The van der Waals surface area contributed by atoms with Crippen molar-refractivity contribution in [1.29, 1.82) is 0 Å². The van der Waals surface area contributed by atoms with E-state index < -0.39 is 17.9 Å². The van der Waals surface area contributed by atoms with Crippen LogP contribution >= 0.6 is 0 Å². The first-order valence-corrected chi connectivity index (χ1v) is 7.31. The Bertz CT molecular complexity index is 407. The Balaban J connectivity index is 1.93. The largest absolute Gasteiger partial charge is 0.481 e. The van der Waals surface area contributed by atoms with Crippen molar-refractivity contribution in [2.45, 2.75) is 51.5 Å². The van der Waals surface area contributed by atoms with Crippen LogP contribution < -0.4 is 0 Å². The second-order valence-corrected chi connectivity index (χ2v) is 7.04. The van der Waals surface area contributed by atoms with E-state index in [0.29, 0.717) is 17.8 Å². The third kappa shape index (κ3) is 2.00. The predicted molar refractivity (Wildman–Crippen MR) is 70.3 cm³/mol. The van der Waals surface area contributed by atoms with Crippen LogP contribution in [0, 0.1) is 29.1 Å². The Morgan fingerprint density at radius 3 is 2.11 bits per heavy atom. The van der Waals surface area contributed by atoms with Gasteiger partial charge in [-0.25, -0.2) is 0 Å². The summed E-state index contributed by atoms with van der Waals surface area (Å²) in [5.41, 5.74) is 8.51. The summed E-state index contributed by atoms with van der Waals surface area (Å²) in [5, 5.41) is 13.4. The molecule has 4 bridgehead atoms. The zero-order valence-electron chi connectivity index (χ0n) is 11.3. The van der Waals surface area contributed by atoms with E-state index in [-0.39, 0.29) is 5.41 Å². The standard InChI is InChI=1S/C14H21N3O2/c1-8(16-17-15)12(13(18)19)14-5-9-2-10(6-14)4-11(3-9)7-14/h8-12H,2-7H2,1H3,(H,18,19)/t8-,9?,10?,11?,12-,14?/m1/s1. The Kier molecular flexibility index (Phi) is 2.97. The number of rotatable bonds is 4. The third-order valence-electron chi connectivity index (χ3n) is 5.73. The highest BCUT2D eigenvalue weighted by atomic mass is 16.4. The molecule has 4 aliphatic carbocycles. The lowest BCUT2D eigenvalue weighted by Crippen LogP contribution is -2.53. The van der Waals surface area contributed by atoms with E-state index in [0.717, 1.165) is 19.3 Å². The number of carbonyl (C=O) groups is 1. The molecule has 2 atom stereocenters. The van der Waals surface area contributed by atoms with E-state index in [1.54, 1.807) is 6.92 Å². The lowest BCUT2D eigenvalue weighted by Gasteiger charge is -2.59. The first-order valence-electron chi connectivity index (χ1n) is 7.31. The number of carboxylic acids is 1. The van der Waals surface area contributed by atoms with Gasteiger partial charge in [0.15, 0.2) is 0 Å². The van der Waals surface area contributed by atoms with Crippen molar-refractivity contribution in [3.05, 3.63) is 10.4 Å². The Morgan fingerprint density at radius 2 is 1.74 bits per heavy atom. The van der Waals surface area contributed by atoms with E-state index in [9.17, 15) is 9.90 Å². The first kappa shape index (κ1) is 12.8. The lowest BCUT2D eigenvalue weighted by atomic mass is 9.46. The summed E-state index contributed by atoms with van der Waals surface area (Å²) in [6, 6.07) is -0.446. The van der Waals surface area contributed by atoms with E-state index in [1.807, 2.05) is 0 Å². The molecule has 0 aromatic carbocycles. The second-order valence-electron chi connectivity index (χ2n) is 7.04. The van der Waals surface area contributed by atoms with Gasteiger partial charge in [-0.3, -0.25) is 4.79 Å². The number of aliphatic carboxylic acids is 1. The fraction of sp³-hybridized carbons (Fsp3) is 0.929. The molecule has 0 unspecified atom stereocenters. The molecular weight excluding hydrogens is 242 g/mol. The van der Waals surface area contributed by atoms with Crippen LogP contribution in [0.25, 0.3) is 10.4 Å². The minimum absolute atomic E-state index is 0.103. The molecule has 0 heterocycles. The van der Waals surface area contributed by atoms with Gasteiger partial charge < -0.3 is 5.11 Å². The summed E-state index contributed by atoms with van der Waals surface area (Å²) in [5.74, 6) is 0.864. The number of nitrogens with zero attached hydrogens (tertiary/aromatic N) is 3. The fourth-order valence-corrected chi connectivity index (χ4v) is 5.69. The highest BCUT2D eigenvalue weighted by Gasteiger charge is 2.57. The maximum atomic E-state index is 11.7. The van der Waals surface area contributed by atoms with E-state index in [2.05, 4.69) is 10.0 Å². The van der Waals surface area contributed by atoms with Gasteiger partial charge in [0.05, 0.1) is 5.92 Å². The summed E-state index contributed by atoms with van der Waals surface area (Å²) >= 11 is 0. The molecule has 4 rings (SSSR count). The number of carboxylic acid groups (broad SMARTS) is 1. The van der Waals surface area contributed by atoms with Gasteiger partial charge in [-0.2, -0.15) is 0 Å². The van der Waals surface area contributed by atoms with Crippen molar-refractivity contribution < 1.29 is 9.90 Å². The summed E-state index contributed by atoms with van der Waals surface area (Å²) in [6.45, 7) is 1.76. The Hall–Kier alpha value is -1.22. The molecule has 1 N–H and O–H groups in total. The quantitative estimate of drug-likeness (QED) is 0.477. The molecule has 0 saturated heterocycles. The first-order chi connectivity index (χ1) is 9.04. The van der Waals surface area contributed by atoms with Gasteiger partial charge >= 0.3 is 5.97 Å². The second kappa shape index (κ2) is 4.41. The lowest BCUT2D eigenvalue weighted by molar-refractivity contribution is -0.159. The average Bonchev–Trinajstić information content (AvgIpc) is 2.25. The minimum atomic E-state index is -0.776. The fourth-order valence-electron chi connectivity index (χ4n) is 5.69. The van der Waals surface area contributed by atoms with Crippen LogP contribution in [0.4, 0.5) is 0 Å². The van der Waals surface area contributed by atoms with Gasteiger partial charge in [0.1, 0.15) is 0 Å². The van der Waals surface area contributed by atoms with Crippen LogP contribution in [0.15, 0.2) is 5.11 Å². The van der Waals surface area contributed by atoms with Crippen LogP contribution in [0.3, 0.4) is 0 Å². The molecule has 4 fully saturated rings. The predicted octanol–water partition coefficient (Wildman–Crippen LogP) is 3.60. The summed E-state index contributed by atoms with van der Waals surface area (Å²) in [6.07, 6.45) is 6.97. The Morgan fingerprint density at radius 1 is 1.26 bits per heavy atom. The number of hydrogen-bond acceptors (Lipinski definition) is 2. The van der Waals surface area contributed by atoms with E-state index >= 15 is 0 Å². The van der Waals surface area contributed by atoms with Crippen molar-refractivity contribution >= 4 is 5.97 Å². The van der Waals surface area contributed by atoms with Crippen LogP contribution in [-0.2, 0) is 4.79 Å². The van der Waals surface area contributed by atoms with Gasteiger partial charge in [0.2, 0.25) is 0 Å². The molecule has 5 nitrogen and oxygen atoms in total. The SMILES string of the molecule is C[C@@H](N=[N+]=[N-])[C@H](C(=O)O)C12CC3CC(CC(C3)C1)C2. The van der Waals surface area contributed by atoms with Crippen molar-refractivity contribution in [1.82, 2.24) is 0 Å². The van der Waals surface area contributed by atoms with Crippen LogP contribution in [0.1, 0.15) is 45.4 Å². The molecule has 0 amide bonds. The highest BCUT2D eigenvalue weighted by molar-refractivity contribution is 5.72. The average molecular weight is 263 g/mol. The van der Waals surface area contributed by atoms with Crippen LogP contribution in [0.5, 0.6) is 0 Å². The topological polar surface area (TPSA) is 86.1 Å². The minimum Gasteiger partial charge on any atom is -0.481 e. The summed E-state index contributed by atoms with van der Waals surface area (Å²) in [4.78, 5) is 14.6. The number of hydrogen-bond donors (Lipinski definition) is 1. The summed E-state index contributed by atoms with van der Waals surface area (Å²) in [7, 11) is 0.